The van der Waals surface area contributed by atoms with E-state index < -0.39 is 11.4 Å². The molecule has 1 heterocycles. The maximum absolute atomic E-state index is 11.5. The van der Waals surface area contributed by atoms with Crippen molar-refractivity contribution in [1.29, 1.82) is 0 Å². The third kappa shape index (κ3) is 3.86. The minimum atomic E-state index is -0.862. The lowest BCUT2D eigenvalue weighted by Crippen LogP contribution is -2.46. The van der Waals surface area contributed by atoms with Crippen LogP contribution < -0.4 is 10.1 Å². The van der Waals surface area contributed by atoms with Gasteiger partial charge in [0, 0.05) is 25.8 Å². The Bertz CT molecular complexity index is 497. The van der Waals surface area contributed by atoms with Gasteiger partial charge in [-0.25, -0.2) is 0 Å². The highest BCUT2D eigenvalue weighted by molar-refractivity contribution is 5.75. The molecule has 116 valence electrons. The molecule has 0 spiro atoms. The summed E-state index contributed by atoms with van der Waals surface area (Å²) in [6.45, 7) is 1.65. The number of benzene rings is 1. The number of carbonyl (C=O) groups is 1. The van der Waals surface area contributed by atoms with Gasteiger partial charge < -0.3 is 25.0 Å². The van der Waals surface area contributed by atoms with E-state index in [-0.39, 0.29) is 12.4 Å². The van der Waals surface area contributed by atoms with Crippen LogP contribution in [0.4, 0.5) is 0 Å². The molecule has 1 aromatic carbocycles. The number of nitrogens with one attached hydrogen (secondary N) is 1. The summed E-state index contributed by atoms with van der Waals surface area (Å²) in [6, 6.07) is 4.95. The number of carboxylic acids is 1. The van der Waals surface area contributed by atoms with Crippen LogP contribution in [-0.4, -0.2) is 43.1 Å². The maximum Gasteiger partial charge on any atom is 0.313 e. The van der Waals surface area contributed by atoms with Crippen LogP contribution in [0.3, 0.4) is 0 Å². The van der Waals surface area contributed by atoms with Gasteiger partial charge in [-0.3, -0.25) is 4.79 Å². The molecule has 6 nitrogen and oxygen atoms in total. The van der Waals surface area contributed by atoms with Crippen LogP contribution in [0.1, 0.15) is 18.4 Å². The second kappa shape index (κ2) is 6.78. The van der Waals surface area contributed by atoms with Gasteiger partial charge in [-0.2, -0.15) is 0 Å². The number of methoxy groups -OCH3 is 1. The van der Waals surface area contributed by atoms with E-state index in [4.69, 9.17) is 9.47 Å². The second-order valence-corrected chi connectivity index (χ2v) is 5.38. The molecule has 1 fully saturated rings. The standard InChI is InChI=1S/C15H21NO5/c1-20-13-6-11(5-12(17)7-13)8-16-9-15(14(18)19)3-2-4-21-10-15/h5-7,16-17H,2-4,8-10H2,1H3,(H,18,19). The third-order valence-corrected chi connectivity index (χ3v) is 3.76. The summed E-state index contributed by atoms with van der Waals surface area (Å²) in [5.41, 5.74) is -0.0248. The number of hydrogen-bond donors (Lipinski definition) is 3. The Hall–Kier alpha value is -1.79. The number of phenolic OH excluding ortho intramolecular Hbond substituents is 1. The summed E-state index contributed by atoms with van der Waals surface area (Å²) in [5, 5.41) is 22.2. The lowest BCUT2D eigenvalue weighted by Gasteiger charge is -2.33. The molecule has 0 bridgehead atoms. The van der Waals surface area contributed by atoms with E-state index in [2.05, 4.69) is 5.32 Å². The van der Waals surface area contributed by atoms with Crippen molar-refractivity contribution in [1.82, 2.24) is 5.32 Å². The van der Waals surface area contributed by atoms with Crippen molar-refractivity contribution in [3.63, 3.8) is 0 Å². The van der Waals surface area contributed by atoms with Gasteiger partial charge >= 0.3 is 5.97 Å². The van der Waals surface area contributed by atoms with E-state index in [9.17, 15) is 15.0 Å². The fourth-order valence-electron chi connectivity index (χ4n) is 2.55. The van der Waals surface area contributed by atoms with Gasteiger partial charge in [0.15, 0.2) is 0 Å². The van der Waals surface area contributed by atoms with E-state index >= 15 is 0 Å². The predicted octanol–water partition coefficient (Wildman–Crippen LogP) is 1.37. The lowest BCUT2D eigenvalue weighted by molar-refractivity contribution is -0.156. The first-order valence-corrected chi connectivity index (χ1v) is 6.94. The minimum absolute atomic E-state index is 0.125. The molecule has 6 heteroatoms. The Kier molecular flexibility index (Phi) is 5.03. The van der Waals surface area contributed by atoms with Crippen LogP contribution in [-0.2, 0) is 16.1 Å². The summed E-state index contributed by atoms with van der Waals surface area (Å²) in [7, 11) is 1.53. The van der Waals surface area contributed by atoms with Crippen molar-refractivity contribution >= 4 is 5.97 Å². The quantitative estimate of drug-likeness (QED) is 0.734. The van der Waals surface area contributed by atoms with Crippen LogP contribution in [0.25, 0.3) is 0 Å². The zero-order valence-corrected chi connectivity index (χ0v) is 12.1. The van der Waals surface area contributed by atoms with Crippen LogP contribution in [0.15, 0.2) is 18.2 Å². The molecule has 1 aromatic rings. The molecule has 1 unspecified atom stereocenters. The number of hydrogen-bond acceptors (Lipinski definition) is 5. The first-order chi connectivity index (χ1) is 10.1. The van der Waals surface area contributed by atoms with Gasteiger partial charge in [0.25, 0.3) is 0 Å². The SMILES string of the molecule is COc1cc(O)cc(CNCC2(C(=O)O)CCCOC2)c1. The predicted molar refractivity (Wildman–Crippen MR) is 76.5 cm³/mol. The van der Waals surface area contributed by atoms with Crippen LogP contribution >= 0.6 is 0 Å². The van der Waals surface area contributed by atoms with Gasteiger partial charge in [-0.05, 0) is 30.5 Å². The van der Waals surface area contributed by atoms with Gasteiger partial charge in [-0.15, -0.1) is 0 Å². The Morgan fingerprint density at radius 1 is 1.48 bits per heavy atom. The Labute approximate surface area is 123 Å². The molecule has 0 saturated carbocycles. The zero-order chi connectivity index (χ0) is 15.3. The van der Waals surface area contributed by atoms with Gasteiger partial charge in [0.1, 0.15) is 16.9 Å². The number of rotatable bonds is 6. The summed E-state index contributed by atoms with van der Waals surface area (Å²) < 4.78 is 10.4. The Balaban J connectivity index is 1.96. The molecule has 1 atom stereocenters. The fraction of sp³-hybridized carbons (Fsp3) is 0.533. The molecule has 3 N–H and O–H groups in total. The van der Waals surface area contributed by atoms with Crippen molar-refractivity contribution in [2.75, 3.05) is 26.9 Å². The first-order valence-electron chi connectivity index (χ1n) is 6.94. The molecular weight excluding hydrogens is 274 g/mol. The van der Waals surface area contributed by atoms with Gasteiger partial charge in [0.05, 0.1) is 13.7 Å². The highest BCUT2D eigenvalue weighted by Gasteiger charge is 2.40. The normalized spacial score (nSPS) is 22.0. The van der Waals surface area contributed by atoms with Crippen LogP contribution in [0.5, 0.6) is 11.5 Å². The van der Waals surface area contributed by atoms with E-state index in [0.29, 0.717) is 31.9 Å². The fourth-order valence-corrected chi connectivity index (χ4v) is 2.55. The second-order valence-electron chi connectivity index (χ2n) is 5.38. The lowest BCUT2D eigenvalue weighted by atomic mass is 9.82. The topological polar surface area (TPSA) is 88.0 Å². The van der Waals surface area contributed by atoms with E-state index in [1.54, 1.807) is 12.1 Å². The molecule has 1 aliphatic rings. The van der Waals surface area contributed by atoms with Crippen molar-refractivity contribution in [3.8, 4) is 11.5 Å². The van der Waals surface area contributed by atoms with E-state index in [1.165, 1.54) is 13.2 Å². The number of phenols is 1. The van der Waals surface area contributed by atoms with Crippen molar-refractivity contribution in [2.45, 2.75) is 19.4 Å². The minimum Gasteiger partial charge on any atom is -0.508 e. The smallest absolute Gasteiger partial charge is 0.313 e. The number of carboxylic acid groups (broad SMARTS) is 1. The third-order valence-electron chi connectivity index (χ3n) is 3.76. The number of aromatic hydroxyl groups is 1. The van der Waals surface area contributed by atoms with Crippen molar-refractivity contribution < 1.29 is 24.5 Å². The average Bonchev–Trinajstić information content (AvgIpc) is 2.47. The van der Waals surface area contributed by atoms with E-state index in [1.807, 2.05) is 0 Å². The molecule has 0 radical (unpaired) electrons. The van der Waals surface area contributed by atoms with Crippen molar-refractivity contribution in [2.24, 2.45) is 5.41 Å². The molecule has 0 aliphatic carbocycles. The summed E-state index contributed by atoms with van der Waals surface area (Å²) >= 11 is 0. The van der Waals surface area contributed by atoms with E-state index in [0.717, 1.165) is 12.0 Å². The Morgan fingerprint density at radius 2 is 2.29 bits per heavy atom. The Morgan fingerprint density at radius 3 is 2.90 bits per heavy atom. The van der Waals surface area contributed by atoms with Gasteiger partial charge in [-0.1, -0.05) is 0 Å². The molecule has 1 saturated heterocycles. The average molecular weight is 295 g/mol. The van der Waals surface area contributed by atoms with Crippen LogP contribution in [0.2, 0.25) is 0 Å². The summed E-state index contributed by atoms with van der Waals surface area (Å²) in [6.07, 6.45) is 1.37. The number of ether oxygens (including phenoxy) is 2. The zero-order valence-electron chi connectivity index (χ0n) is 12.1. The molecule has 2 rings (SSSR count). The van der Waals surface area contributed by atoms with Crippen LogP contribution in [0, 0.1) is 5.41 Å². The monoisotopic (exact) mass is 295 g/mol. The molecule has 0 amide bonds. The molecule has 1 aliphatic heterocycles. The molecule has 21 heavy (non-hydrogen) atoms. The maximum atomic E-state index is 11.5. The summed E-state index contributed by atoms with van der Waals surface area (Å²) in [5.74, 6) is -0.135. The molecule has 0 aromatic heterocycles. The van der Waals surface area contributed by atoms with Gasteiger partial charge in [0.2, 0.25) is 0 Å². The largest absolute Gasteiger partial charge is 0.508 e. The highest BCUT2D eigenvalue weighted by Crippen LogP contribution is 2.28. The first kappa shape index (κ1) is 15.6. The van der Waals surface area contributed by atoms with Crippen molar-refractivity contribution in [3.05, 3.63) is 23.8 Å². The number of aliphatic carboxylic acids is 1. The highest BCUT2D eigenvalue weighted by atomic mass is 16.5. The molecular formula is C15H21NO5. The summed E-state index contributed by atoms with van der Waals surface area (Å²) in [4.78, 5) is 11.5.